The van der Waals surface area contributed by atoms with E-state index in [4.69, 9.17) is 0 Å². The van der Waals surface area contributed by atoms with Crippen LogP contribution in [-0.2, 0) is 6.42 Å². The Bertz CT molecular complexity index is 478. The third-order valence-electron chi connectivity index (χ3n) is 2.98. The third-order valence-corrected chi connectivity index (χ3v) is 2.98. The second kappa shape index (κ2) is 5.58. The SMILES string of the molecule is CCCCc1c(C)ccnc1-c1ccccn1. The monoisotopic (exact) mass is 226 g/mol. The molecule has 0 bridgehead atoms. The van der Waals surface area contributed by atoms with E-state index in [0.717, 1.165) is 17.8 Å². The number of rotatable bonds is 4. The normalized spacial score (nSPS) is 10.5. The molecule has 0 spiro atoms. The number of hydrogen-bond acceptors (Lipinski definition) is 2. The van der Waals surface area contributed by atoms with Gasteiger partial charge in [0.05, 0.1) is 11.4 Å². The minimum atomic E-state index is 0.974. The molecular weight excluding hydrogens is 208 g/mol. The van der Waals surface area contributed by atoms with Crippen molar-refractivity contribution < 1.29 is 0 Å². The van der Waals surface area contributed by atoms with E-state index < -0.39 is 0 Å². The standard InChI is InChI=1S/C15H18N2/c1-3-4-7-13-12(2)9-11-17-15(13)14-8-5-6-10-16-14/h5-6,8-11H,3-4,7H2,1-2H3. The topological polar surface area (TPSA) is 25.8 Å². The fraction of sp³-hybridized carbons (Fsp3) is 0.333. The maximum Gasteiger partial charge on any atom is 0.0920 e. The average molecular weight is 226 g/mol. The quantitative estimate of drug-likeness (QED) is 0.792. The lowest BCUT2D eigenvalue weighted by Crippen LogP contribution is -1.98. The third kappa shape index (κ3) is 2.70. The molecule has 0 fully saturated rings. The molecule has 0 radical (unpaired) electrons. The Morgan fingerprint density at radius 3 is 2.65 bits per heavy atom. The lowest BCUT2D eigenvalue weighted by Gasteiger charge is -2.10. The second-order valence-electron chi connectivity index (χ2n) is 4.27. The van der Waals surface area contributed by atoms with Crippen LogP contribution in [0.1, 0.15) is 30.9 Å². The molecule has 0 aliphatic rings. The summed E-state index contributed by atoms with van der Waals surface area (Å²) in [6.07, 6.45) is 7.18. The molecule has 0 saturated heterocycles. The van der Waals surface area contributed by atoms with Crippen LogP contribution < -0.4 is 0 Å². The zero-order valence-electron chi connectivity index (χ0n) is 10.5. The van der Waals surface area contributed by atoms with Crippen molar-refractivity contribution in [1.29, 1.82) is 0 Å². The molecule has 0 aliphatic carbocycles. The zero-order chi connectivity index (χ0) is 12.1. The van der Waals surface area contributed by atoms with Gasteiger partial charge in [0.15, 0.2) is 0 Å². The largest absolute Gasteiger partial charge is 0.255 e. The Hall–Kier alpha value is -1.70. The van der Waals surface area contributed by atoms with Crippen LogP contribution in [0, 0.1) is 6.92 Å². The summed E-state index contributed by atoms with van der Waals surface area (Å²) in [6.45, 7) is 4.37. The summed E-state index contributed by atoms with van der Waals surface area (Å²) in [5.74, 6) is 0. The van der Waals surface area contributed by atoms with Crippen molar-refractivity contribution in [2.45, 2.75) is 33.1 Å². The van der Waals surface area contributed by atoms with E-state index in [1.807, 2.05) is 30.6 Å². The first-order valence-corrected chi connectivity index (χ1v) is 6.18. The highest BCUT2D eigenvalue weighted by Gasteiger charge is 2.09. The summed E-state index contributed by atoms with van der Waals surface area (Å²) in [5.41, 5.74) is 4.67. The van der Waals surface area contributed by atoms with Crippen molar-refractivity contribution in [2.24, 2.45) is 0 Å². The fourth-order valence-electron chi connectivity index (χ4n) is 1.98. The minimum absolute atomic E-state index is 0.974. The van der Waals surface area contributed by atoms with E-state index in [2.05, 4.69) is 29.9 Å². The summed E-state index contributed by atoms with van der Waals surface area (Å²) in [6, 6.07) is 8.05. The molecule has 2 heterocycles. The Balaban J connectivity index is 2.43. The molecule has 0 unspecified atom stereocenters. The molecule has 17 heavy (non-hydrogen) atoms. The van der Waals surface area contributed by atoms with E-state index in [-0.39, 0.29) is 0 Å². The van der Waals surface area contributed by atoms with Crippen LogP contribution in [0.4, 0.5) is 0 Å². The second-order valence-corrected chi connectivity index (χ2v) is 4.27. The lowest BCUT2D eigenvalue weighted by atomic mass is 10.00. The van der Waals surface area contributed by atoms with Crippen molar-refractivity contribution in [2.75, 3.05) is 0 Å². The highest BCUT2D eigenvalue weighted by Crippen LogP contribution is 2.23. The van der Waals surface area contributed by atoms with Gasteiger partial charge >= 0.3 is 0 Å². The molecule has 0 saturated carbocycles. The Kier molecular flexibility index (Phi) is 3.86. The Morgan fingerprint density at radius 1 is 1.06 bits per heavy atom. The van der Waals surface area contributed by atoms with Crippen LogP contribution >= 0.6 is 0 Å². The predicted molar refractivity (Wildman–Crippen MR) is 70.8 cm³/mol. The van der Waals surface area contributed by atoms with Crippen molar-refractivity contribution in [1.82, 2.24) is 9.97 Å². The summed E-state index contributed by atoms with van der Waals surface area (Å²) < 4.78 is 0. The van der Waals surface area contributed by atoms with E-state index >= 15 is 0 Å². The van der Waals surface area contributed by atoms with E-state index in [1.165, 1.54) is 24.0 Å². The van der Waals surface area contributed by atoms with Crippen LogP contribution in [0.2, 0.25) is 0 Å². The van der Waals surface area contributed by atoms with Crippen molar-refractivity contribution in [3.05, 3.63) is 47.8 Å². The molecule has 2 nitrogen and oxygen atoms in total. The van der Waals surface area contributed by atoms with Crippen molar-refractivity contribution in [3.63, 3.8) is 0 Å². The summed E-state index contributed by atoms with van der Waals surface area (Å²) >= 11 is 0. The summed E-state index contributed by atoms with van der Waals surface area (Å²) in [5, 5.41) is 0. The minimum Gasteiger partial charge on any atom is -0.255 e. The van der Waals surface area contributed by atoms with Gasteiger partial charge in [-0.25, -0.2) is 0 Å². The van der Waals surface area contributed by atoms with Gasteiger partial charge in [-0.15, -0.1) is 0 Å². The van der Waals surface area contributed by atoms with Crippen molar-refractivity contribution in [3.8, 4) is 11.4 Å². The molecule has 2 aromatic rings. The first kappa shape index (κ1) is 11.8. The Labute approximate surface area is 103 Å². The number of aryl methyl sites for hydroxylation is 1. The van der Waals surface area contributed by atoms with Gasteiger partial charge in [-0.3, -0.25) is 9.97 Å². The summed E-state index contributed by atoms with van der Waals surface area (Å²) in [7, 11) is 0. The molecule has 2 rings (SSSR count). The first-order valence-electron chi connectivity index (χ1n) is 6.18. The molecule has 2 aromatic heterocycles. The predicted octanol–water partition coefficient (Wildman–Crippen LogP) is 3.79. The van der Waals surface area contributed by atoms with Gasteiger partial charge in [0.2, 0.25) is 0 Å². The van der Waals surface area contributed by atoms with Gasteiger partial charge in [0.25, 0.3) is 0 Å². The molecule has 0 amide bonds. The van der Waals surface area contributed by atoms with Crippen LogP contribution in [0.3, 0.4) is 0 Å². The molecular formula is C15H18N2. The highest BCUT2D eigenvalue weighted by molar-refractivity contribution is 5.60. The lowest BCUT2D eigenvalue weighted by molar-refractivity contribution is 0.789. The number of unbranched alkanes of at least 4 members (excludes halogenated alkanes) is 1. The van der Waals surface area contributed by atoms with Gasteiger partial charge in [-0.05, 0) is 49.1 Å². The number of nitrogens with zero attached hydrogens (tertiary/aromatic N) is 2. The molecule has 88 valence electrons. The van der Waals surface area contributed by atoms with Crippen molar-refractivity contribution >= 4 is 0 Å². The molecule has 0 atom stereocenters. The van der Waals surface area contributed by atoms with Gasteiger partial charge in [-0.2, -0.15) is 0 Å². The molecule has 0 aromatic carbocycles. The average Bonchev–Trinajstić information content (AvgIpc) is 2.38. The van der Waals surface area contributed by atoms with Gasteiger partial charge in [0, 0.05) is 12.4 Å². The number of pyridine rings is 2. The van der Waals surface area contributed by atoms with E-state index in [0.29, 0.717) is 0 Å². The smallest absolute Gasteiger partial charge is 0.0920 e. The first-order chi connectivity index (χ1) is 8.33. The zero-order valence-corrected chi connectivity index (χ0v) is 10.5. The fourth-order valence-corrected chi connectivity index (χ4v) is 1.98. The van der Waals surface area contributed by atoms with Gasteiger partial charge in [0.1, 0.15) is 0 Å². The van der Waals surface area contributed by atoms with Crippen LogP contribution in [0.5, 0.6) is 0 Å². The molecule has 0 N–H and O–H groups in total. The maximum atomic E-state index is 4.50. The number of aromatic nitrogens is 2. The maximum absolute atomic E-state index is 4.50. The van der Waals surface area contributed by atoms with Gasteiger partial charge < -0.3 is 0 Å². The van der Waals surface area contributed by atoms with Crippen LogP contribution in [-0.4, -0.2) is 9.97 Å². The Morgan fingerprint density at radius 2 is 1.94 bits per heavy atom. The molecule has 2 heteroatoms. The van der Waals surface area contributed by atoms with Crippen LogP contribution in [0.15, 0.2) is 36.7 Å². The highest BCUT2D eigenvalue weighted by atomic mass is 14.8. The molecule has 0 aliphatic heterocycles. The number of hydrogen-bond donors (Lipinski definition) is 0. The van der Waals surface area contributed by atoms with Gasteiger partial charge in [-0.1, -0.05) is 19.4 Å². The van der Waals surface area contributed by atoms with E-state index in [9.17, 15) is 0 Å². The van der Waals surface area contributed by atoms with E-state index in [1.54, 1.807) is 0 Å². The van der Waals surface area contributed by atoms with Crippen LogP contribution in [0.25, 0.3) is 11.4 Å². The summed E-state index contributed by atoms with van der Waals surface area (Å²) in [4.78, 5) is 8.90.